The van der Waals surface area contributed by atoms with Crippen molar-refractivity contribution in [3.05, 3.63) is 65.5 Å². The number of nitriles is 1. The summed E-state index contributed by atoms with van der Waals surface area (Å²) >= 11 is 0. The van der Waals surface area contributed by atoms with Crippen molar-refractivity contribution in [3.63, 3.8) is 0 Å². The van der Waals surface area contributed by atoms with Crippen LogP contribution in [0.1, 0.15) is 37.6 Å². The molecular formula is C28H33FN6. The maximum Gasteiger partial charge on any atom is 0.118 e. The lowest BCUT2D eigenvalue weighted by Gasteiger charge is -2.36. The summed E-state index contributed by atoms with van der Waals surface area (Å²) in [5.74, 6) is 0.232. The molecule has 6 rings (SSSR count). The summed E-state index contributed by atoms with van der Waals surface area (Å²) in [6, 6.07) is 17.4. The van der Waals surface area contributed by atoms with Crippen LogP contribution in [0, 0.1) is 17.2 Å². The summed E-state index contributed by atoms with van der Waals surface area (Å²) in [5, 5.41) is 18.1. The van der Waals surface area contributed by atoms with Gasteiger partial charge in [-0.05, 0) is 50.5 Å². The number of aromatic nitrogens is 3. The lowest BCUT2D eigenvalue weighted by molar-refractivity contribution is 0.0853. The van der Waals surface area contributed by atoms with Crippen molar-refractivity contribution in [1.29, 1.82) is 5.26 Å². The number of alkyl halides is 1. The van der Waals surface area contributed by atoms with Gasteiger partial charge in [0.2, 0.25) is 0 Å². The fraction of sp³-hybridized carbons (Fsp3) is 0.429. The average molecular weight is 473 g/mol. The summed E-state index contributed by atoms with van der Waals surface area (Å²) in [6.07, 6.45) is 2.82. The van der Waals surface area contributed by atoms with E-state index in [9.17, 15) is 4.39 Å². The number of aromatic amines is 2. The predicted molar refractivity (Wildman–Crippen MR) is 138 cm³/mol. The van der Waals surface area contributed by atoms with Crippen molar-refractivity contribution in [2.75, 3.05) is 19.6 Å². The van der Waals surface area contributed by atoms with Crippen LogP contribution in [-0.4, -0.2) is 56.3 Å². The number of H-pyrrole nitrogens is 2. The number of rotatable bonds is 4. The Morgan fingerprint density at radius 2 is 1.97 bits per heavy atom. The topological polar surface area (TPSA) is 74.7 Å². The van der Waals surface area contributed by atoms with E-state index in [4.69, 9.17) is 5.26 Å². The Bertz CT molecular complexity index is 1350. The first-order valence-corrected chi connectivity index (χ1v) is 12.3. The van der Waals surface area contributed by atoms with Crippen LogP contribution in [0.25, 0.3) is 21.8 Å². The molecule has 7 heteroatoms. The van der Waals surface area contributed by atoms with E-state index in [1.165, 1.54) is 27.7 Å². The number of benzene rings is 2. The SMILES string of the molecule is CC1Cc2c([nH]c3ccccc23)CN1CC(C)(C)F.N#CC1CN(Cc2ccc3cn[nH]c3c2)C1. The number of hydrogen-bond acceptors (Lipinski definition) is 4. The van der Waals surface area contributed by atoms with Gasteiger partial charge in [0.05, 0.1) is 23.7 Å². The zero-order valence-electron chi connectivity index (χ0n) is 20.7. The smallest absolute Gasteiger partial charge is 0.118 e. The van der Waals surface area contributed by atoms with Crippen molar-refractivity contribution in [3.8, 4) is 6.07 Å². The van der Waals surface area contributed by atoms with Gasteiger partial charge in [-0.25, -0.2) is 4.39 Å². The maximum absolute atomic E-state index is 13.9. The van der Waals surface area contributed by atoms with E-state index < -0.39 is 5.67 Å². The van der Waals surface area contributed by atoms with Gasteiger partial charge in [-0.15, -0.1) is 0 Å². The molecule has 1 atom stereocenters. The lowest BCUT2D eigenvalue weighted by Crippen LogP contribution is -2.45. The minimum atomic E-state index is -1.14. The Labute approximate surface area is 205 Å². The molecule has 0 bridgehead atoms. The molecule has 2 aliphatic rings. The normalized spacial score (nSPS) is 19.1. The Morgan fingerprint density at radius 1 is 1.17 bits per heavy atom. The van der Waals surface area contributed by atoms with E-state index in [2.05, 4.69) is 80.4 Å². The van der Waals surface area contributed by atoms with Crippen LogP contribution in [0.15, 0.2) is 48.7 Å². The van der Waals surface area contributed by atoms with E-state index >= 15 is 0 Å². The number of hydrogen-bond donors (Lipinski definition) is 2. The molecule has 1 fully saturated rings. The van der Waals surface area contributed by atoms with Crippen molar-refractivity contribution < 1.29 is 4.39 Å². The summed E-state index contributed by atoms with van der Waals surface area (Å²) < 4.78 is 13.9. The number of para-hydroxylation sites is 1. The molecule has 182 valence electrons. The fourth-order valence-corrected chi connectivity index (χ4v) is 5.22. The van der Waals surface area contributed by atoms with Crippen molar-refractivity contribution in [1.82, 2.24) is 25.0 Å². The zero-order chi connectivity index (χ0) is 24.6. The quantitative estimate of drug-likeness (QED) is 0.429. The molecule has 0 spiro atoms. The number of likely N-dealkylation sites (tertiary alicyclic amines) is 1. The number of halogens is 1. The fourth-order valence-electron chi connectivity index (χ4n) is 5.22. The highest BCUT2D eigenvalue weighted by atomic mass is 19.1. The Hall–Kier alpha value is -3.21. The Balaban J connectivity index is 0.000000147. The van der Waals surface area contributed by atoms with Crippen molar-refractivity contribution in [2.45, 2.75) is 52.0 Å². The standard InChI is InChI=1S/C16H21FN2.C12H12N4/c1-11-8-13-12-6-4-5-7-14(12)18-15(13)9-19(11)10-16(2,3)17;13-4-10-7-16(8-10)6-9-1-2-11-5-14-15-12(11)3-9/h4-7,11,18H,8-10H2,1-3H3;1-3,5,10H,6-8H2,(H,14,15). The monoisotopic (exact) mass is 472 g/mol. The summed E-state index contributed by atoms with van der Waals surface area (Å²) in [7, 11) is 0. The van der Waals surface area contributed by atoms with Gasteiger partial charge in [0.15, 0.2) is 0 Å². The highest BCUT2D eigenvalue weighted by molar-refractivity contribution is 5.85. The molecule has 0 amide bonds. The first-order chi connectivity index (χ1) is 16.8. The van der Waals surface area contributed by atoms with Gasteiger partial charge in [0.1, 0.15) is 5.67 Å². The molecule has 2 aliphatic heterocycles. The van der Waals surface area contributed by atoms with Crippen LogP contribution in [0.2, 0.25) is 0 Å². The second kappa shape index (κ2) is 9.44. The molecule has 0 aliphatic carbocycles. The molecule has 2 aromatic carbocycles. The van der Waals surface area contributed by atoms with Gasteiger partial charge in [-0.2, -0.15) is 10.4 Å². The van der Waals surface area contributed by atoms with Crippen LogP contribution >= 0.6 is 0 Å². The molecule has 2 N–H and O–H groups in total. The second-order valence-electron chi connectivity index (χ2n) is 10.6. The highest BCUT2D eigenvalue weighted by Gasteiger charge is 2.30. The Kier molecular flexibility index (Phi) is 6.35. The van der Waals surface area contributed by atoms with Gasteiger partial charge >= 0.3 is 0 Å². The van der Waals surface area contributed by atoms with Crippen LogP contribution in [-0.2, 0) is 19.5 Å². The van der Waals surface area contributed by atoms with Crippen LogP contribution < -0.4 is 0 Å². The first kappa shape index (κ1) is 23.5. The summed E-state index contributed by atoms with van der Waals surface area (Å²) in [5.41, 5.74) is 5.07. The third kappa shape index (κ3) is 5.24. The van der Waals surface area contributed by atoms with Crippen LogP contribution in [0.5, 0.6) is 0 Å². The lowest BCUT2D eigenvalue weighted by atomic mass is 9.96. The van der Waals surface area contributed by atoms with Gasteiger partial charge in [-0.1, -0.05) is 30.3 Å². The third-order valence-corrected chi connectivity index (χ3v) is 7.02. The number of nitrogens with zero attached hydrogens (tertiary/aromatic N) is 4. The minimum Gasteiger partial charge on any atom is -0.357 e. The van der Waals surface area contributed by atoms with E-state index in [0.717, 1.165) is 43.5 Å². The second-order valence-corrected chi connectivity index (χ2v) is 10.6. The van der Waals surface area contributed by atoms with E-state index in [1.807, 2.05) is 6.20 Å². The summed E-state index contributed by atoms with van der Waals surface area (Å²) in [4.78, 5) is 8.01. The van der Waals surface area contributed by atoms with E-state index in [-0.39, 0.29) is 5.92 Å². The molecule has 0 saturated carbocycles. The van der Waals surface area contributed by atoms with Crippen molar-refractivity contribution >= 4 is 21.8 Å². The molecule has 4 heterocycles. The largest absolute Gasteiger partial charge is 0.357 e. The third-order valence-electron chi connectivity index (χ3n) is 7.02. The van der Waals surface area contributed by atoms with Gasteiger partial charge in [-0.3, -0.25) is 14.9 Å². The van der Waals surface area contributed by atoms with E-state index in [1.54, 1.807) is 13.8 Å². The van der Waals surface area contributed by atoms with Gasteiger partial charge < -0.3 is 4.98 Å². The number of nitrogens with one attached hydrogen (secondary N) is 2. The van der Waals surface area contributed by atoms with Crippen molar-refractivity contribution in [2.24, 2.45) is 5.92 Å². The zero-order valence-corrected chi connectivity index (χ0v) is 20.7. The van der Waals surface area contributed by atoms with E-state index in [0.29, 0.717) is 12.6 Å². The maximum atomic E-state index is 13.9. The molecule has 4 aromatic rings. The molecule has 6 nitrogen and oxygen atoms in total. The Morgan fingerprint density at radius 3 is 2.74 bits per heavy atom. The highest BCUT2D eigenvalue weighted by Crippen LogP contribution is 2.31. The van der Waals surface area contributed by atoms with Gasteiger partial charge in [0.25, 0.3) is 0 Å². The molecule has 1 saturated heterocycles. The molecular weight excluding hydrogens is 439 g/mol. The first-order valence-electron chi connectivity index (χ1n) is 12.3. The number of fused-ring (bicyclic) bond motifs is 4. The molecule has 2 aromatic heterocycles. The predicted octanol–water partition coefficient (Wildman–Crippen LogP) is 5.18. The molecule has 0 radical (unpaired) electrons. The van der Waals surface area contributed by atoms with Crippen LogP contribution in [0.4, 0.5) is 4.39 Å². The molecule has 35 heavy (non-hydrogen) atoms. The average Bonchev–Trinajstić information content (AvgIpc) is 3.39. The van der Waals surface area contributed by atoms with Crippen LogP contribution in [0.3, 0.4) is 0 Å². The summed E-state index contributed by atoms with van der Waals surface area (Å²) in [6.45, 7) is 9.53. The minimum absolute atomic E-state index is 0.232. The molecule has 1 unspecified atom stereocenters. The van der Waals surface area contributed by atoms with Gasteiger partial charge in [0, 0.05) is 60.7 Å².